The Hall–Kier alpha value is -2.22. The SMILES string of the molecule is CCc1ccc(-c2nc(CS(=O)(=O)C(C)C(=O)NCc3ccccc3Cl)cs2)cc1. The Balaban J connectivity index is 1.64. The van der Waals surface area contributed by atoms with E-state index >= 15 is 0 Å². The van der Waals surface area contributed by atoms with E-state index in [9.17, 15) is 13.2 Å². The van der Waals surface area contributed by atoms with Crippen LogP contribution in [0, 0.1) is 0 Å². The second kappa shape index (κ2) is 9.73. The fourth-order valence-corrected chi connectivity index (χ4v) is 5.20. The molecule has 3 aromatic rings. The van der Waals surface area contributed by atoms with Gasteiger partial charge < -0.3 is 5.32 Å². The summed E-state index contributed by atoms with van der Waals surface area (Å²) in [4.78, 5) is 16.9. The Labute approximate surface area is 186 Å². The van der Waals surface area contributed by atoms with Crippen molar-refractivity contribution in [3.63, 3.8) is 0 Å². The molecule has 3 rings (SSSR count). The van der Waals surface area contributed by atoms with E-state index in [0.29, 0.717) is 10.7 Å². The molecule has 5 nitrogen and oxygen atoms in total. The van der Waals surface area contributed by atoms with Crippen LogP contribution in [0.3, 0.4) is 0 Å². The molecule has 1 heterocycles. The van der Waals surface area contributed by atoms with E-state index in [1.807, 2.05) is 30.3 Å². The second-order valence-corrected chi connectivity index (χ2v) is 10.5. The zero-order valence-corrected chi connectivity index (χ0v) is 19.2. The van der Waals surface area contributed by atoms with E-state index in [1.54, 1.807) is 23.6 Å². The van der Waals surface area contributed by atoms with Crippen LogP contribution in [0.15, 0.2) is 53.9 Å². The minimum absolute atomic E-state index is 0.174. The molecule has 0 radical (unpaired) electrons. The molecule has 0 saturated heterocycles. The quantitative estimate of drug-likeness (QED) is 0.528. The zero-order chi connectivity index (χ0) is 21.7. The van der Waals surface area contributed by atoms with Gasteiger partial charge in [0.15, 0.2) is 9.84 Å². The topological polar surface area (TPSA) is 76.1 Å². The van der Waals surface area contributed by atoms with Crippen molar-refractivity contribution in [2.75, 3.05) is 0 Å². The zero-order valence-electron chi connectivity index (χ0n) is 16.8. The van der Waals surface area contributed by atoms with Gasteiger partial charge in [0.25, 0.3) is 0 Å². The number of rotatable bonds is 8. The lowest BCUT2D eigenvalue weighted by molar-refractivity contribution is -0.120. The van der Waals surface area contributed by atoms with Gasteiger partial charge in [0.1, 0.15) is 10.3 Å². The molecular formula is C22H23ClN2O3S2. The van der Waals surface area contributed by atoms with Crippen molar-refractivity contribution >= 4 is 38.7 Å². The highest BCUT2D eigenvalue weighted by Gasteiger charge is 2.29. The Kier molecular flexibility index (Phi) is 7.28. The molecule has 0 spiro atoms. The fraction of sp³-hybridized carbons (Fsp3) is 0.273. The van der Waals surface area contributed by atoms with E-state index in [-0.39, 0.29) is 12.3 Å². The van der Waals surface area contributed by atoms with Crippen LogP contribution in [0.4, 0.5) is 0 Å². The maximum Gasteiger partial charge on any atom is 0.238 e. The number of nitrogens with zero attached hydrogens (tertiary/aromatic N) is 1. The second-order valence-electron chi connectivity index (χ2n) is 6.95. The molecule has 0 aliphatic carbocycles. The summed E-state index contributed by atoms with van der Waals surface area (Å²) >= 11 is 7.47. The fourth-order valence-electron chi connectivity index (χ4n) is 2.85. The minimum atomic E-state index is -3.71. The van der Waals surface area contributed by atoms with E-state index in [4.69, 9.17) is 11.6 Å². The van der Waals surface area contributed by atoms with E-state index in [2.05, 4.69) is 17.2 Å². The number of nitrogens with one attached hydrogen (secondary N) is 1. The van der Waals surface area contributed by atoms with Crippen LogP contribution in [-0.2, 0) is 33.4 Å². The largest absolute Gasteiger partial charge is 0.351 e. The van der Waals surface area contributed by atoms with Crippen LogP contribution in [0.2, 0.25) is 5.02 Å². The van der Waals surface area contributed by atoms with Gasteiger partial charge in [0.05, 0.1) is 11.4 Å². The van der Waals surface area contributed by atoms with E-state index < -0.39 is 21.0 Å². The normalized spacial score (nSPS) is 12.5. The summed E-state index contributed by atoms with van der Waals surface area (Å²) in [5, 5.41) is 4.48. The number of hydrogen-bond donors (Lipinski definition) is 1. The lowest BCUT2D eigenvalue weighted by atomic mass is 10.1. The summed E-state index contributed by atoms with van der Waals surface area (Å²) in [5.74, 6) is -0.836. The third kappa shape index (κ3) is 5.47. The van der Waals surface area contributed by atoms with Crippen molar-refractivity contribution in [2.24, 2.45) is 0 Å². The highest BCUT2D eigenvalue weighted by atomic mass is 35.5. The minimum Gasteiger partial charge on any atom is -0.351 e. The van der Waals surface area contributed by atoms with Crippen molar-refractivity contribution in [3.8, 4) is 10.6 Å². The van der Waals surface area contributed by atoms with Gasteiger partial charge >= 0.3 is 0 Å². The average molecular weight is 463 g/mol. The summed E-state index contributed by atoms with van der Waals surface area (Å²) in [6.45, 7) is 3.66. The van der Waals surface area contributed by atoms with Crippen LogP contribution in [0.1, 0.15) is 30.7 Å². The summed E-state index contributed by atoms with van der Waals surface area (Å²) < 4.78 is 25.5. The number of thiazole rings is 1. The Morgan fingerprint density at radius 3 is 2.53 bits per heavy atom. The Morgan fingerprint density at radius 1 is 1.17 bits per heavy atom. The molecule has 1 atom stereocenters. The van der Waals surface area contributed by atoms with Crippen LogP contribution in [0.25, 0.3) is 10.6 Å². The first-order valence-corrected chi connectivity index (χ1v) is 12.5. The van der Waals surface area contributed by atoms with Crippen molar-refractivity contribution in [3.05, 3.63) is 75.8 Å². The predicted octanol–water partition coefficient (Wildman–Crippen LogP) is 4.65. The maximum atomic E-state index is 12.7. The van der Waals surface area contributed by atoms with Gasteiger partial charge in [0.2, 0.25) is 5.91 Å². The van der Waals surface area contributed by atoms with Gasteiger partial charge in [-0.25, -0.2) is 13.4 Å². The van der Waals surface area contributed by atoms with Crippen LogP contribution in [-0.4, -0.2) is 24.6 Å². The molecule has 1 aromatic heterocycles. The van der Waals surface area contributed by atoms with E-state index in [1.165, 1.54) is 23.8 Å². The standard InChI is InChI=1S/C22H23ClN2O3S2/c1-3-16-8-10-17(11-9-16)22-25-19(13-29-22)14-30(27,28)15(2)21(26)24-12-18-6-4-5-7-20(18)23/h4-11,13,15H,3,12,14H2,1-2H3,(H,24,26). The van der Waals surface area contributed by atoms with Gasteiger partial charge in [-0.3, -0.25) is 4.79 Å². The van der Waals surface area contributed by atoms with Crippen LogP contribution in [0.5, 0.6) is 0 Å². The summed E-state index contributed by atoms with van der Waals surface area (Å²) in [7, 11) is -3.71. The monoisotopic (exact) mass is 462 g/mol. The van der Waals surface area contributed by atoms with Gasteiger partial charge in [-0.05, 0) is 30.5 Å². The Morgan fingerprint density at radius 2 is 1.87 bits per heavy atom. The summed E-state index contributed by atoms with van der Waals surface area (Å²) in [5.41, 5.74) is 3.36. The number of carbonyl (C=O) groups is 1. The number of benzene rings is 2. The van der Waals surface area contributed by atoms with Gasteiger partial charge in [0, 0.05) is 22.5 Å². The molecule has 30 heavy (non-hydrogen) atoms. The molecule has 0 aliphatic rings. The lowest BCUT2D eigenvalue weighted by Crippen LogP contribution is -2.38. The molecule has 1 N–H and O–H groups in total. The number of amides is 1. The molecule has 1 amide bonds. The Bertz CT molecular complexity index is 1130. The first kappa shape index (κ1) is 22.5. The van der Waals surface area contributed by atoms with E-state index in [0.717, 1.165) is 22.6 Å². The number of carbonyl (C=O) groups excluding carboxylic acids is 1. The highest BCUT2D eigenvalue weighted by Crippen LogP contribution is 2.25. The van der Waals surface area contributed by atoms with Crippen LogP contribution >= 0.6 is 22.9 Å². The molecule has 1 unspecified atom stereocenters. The molecule has 0 bridgehead atoms. The van der Waals surface area contributed by atoms with Crippen molar-refractivity contribution in [1.29, 1.82) is 0 Å². The first-order chi connectivity index (χ1) is 14.3. The van der Waals surface area contributed by atoms with Crippen LogP contribution < -0.4 is 5.32 Å². The number of sulfone groups is 1. The molecule has 2 aromatic carbocycles. The maximum absolute atomic E-state index is 12.7. The number of aromatic nitrogens is 1. The molecule has 0 saturated carbocycles. The highest BCUT2D eigenvalue weighted by molar-refractivity contribution is 7.92. The number of aryl methyl sites for hydroxylation is 1. The molecule has 0 fully saturated rings. The predicted molar refractivity (Wildman–Crippen MR) is 122 cm³/mol. The summed E-state index contributed by atoms with van der Waals surface area (Å²) in [6, 6.07) is 15.2. The summed E-state index contributed by atoms with van der Waals surface area (Å²) in [6.07, 6.45) is 0.956. The molecule has 8 heteroatoms. The average Bonchev–Trinajstić information content (AvgIpc) is 3.20. The smallest absolute Gasteiger partial charge is 0.238 e. The third-order valence-corrected chi connectivity index (χ3v) is 8.13. The number of halogens is 1. The molecule has 0 aliphatic heterocycles. The van der Waals surface area contributed by atoms with Gasteiger partial charge in [-0.1, -0.05) is 61.0 Å². The van der Waals surface area contributed by atoms with Crippen molar-refractivity contribution in [1.82, 2.24) is 10.3 Å². The number of hydrogen-bond acceptors (Lipinski definition) is 5. The lowest BCUT2D eigenvalue weighted by Gasteiger charge is -2.13. The third-order valence-electron chi connectivity index (χ3n) is 4.83. The molecular weight excluding hydrogens is 440 g/mol. The van der Waals surface area contributed by atoms with Crippen molar-refractivity contribution < 1.29 is 13.2 Å². The molecule has 158 valence electrons. The van der Waals surface area contributed by atoms with Gasteiger partial charge in [-0.15, -0.1) is 11.3 Å². The van der Waals surface area contributed by atoms with Gasteiger partial charge in [-0.2, -0.15) is 0 Å². The first-order valence-electron chi connectivity index (χ1n) is 9.56. The van der Waals surface area contributed by atoms with Crippen molar-refractivity contribution in [2.45, 2.75) is 37.8 Å².